The minimum absolute atomic E-state index is 0.00380. The van der Waals surface area contributed by atoms with Gasteiger partial charge in [0.2, 0.25) is 0 Å². The molecule has 0 fully saturated rings. The number of aryl methyl sites for hydroxylation is 1. The number of carboxylic acids is 1. The number of rotatable bonds is 1. The van der Waals surface area contributed by atoms with Crippen molar-refractivity contribution in [1.29, 1.82) is 0 Å². The van der Waals surface area contributed by atoms with Crippen molar-refractivity contribution in [2.24, 2.45) is 0 Å². The first-order chi connectivity index (χ1) is 6.93. The largest absolute Gasteiger partial charge is 0.478 e. The van der Waals surface area contributed by atoms with Gasteiger partial charge in [-0.15, -0.1) is 11.3 Å². The number of hydrogen-bond donors (Lipinski definition) is 1. The molecule has 0 bridgehead atoms. The second-order valence-corrected chi connectivity index (χ2v) is 7.01. The number of hydrogen-bond acceptors (Lipinski definition) is 2. The maximum Gasteiger partial charge on any atom is 0.338 e. The van der Waals surface area contributed by atoms with Crippen LogP contribution in [-0.4, -0.2) is 11.1 Å². The van der Waals surface area contributed by atoms with Crippen molar-refractivity contribution in [3.63, 3.8) is 0 Å². The van der Waals surface area contributed by atoms with Gasteiger partial charge in [-0.25, -0.2) is 4.79 Å². The highest BCUT2D eigenvalue weighted by molar-refractivity contribution is 9.11. The molecule has 82 valence electrons. The van der Waals surface area contributed by atoms with E-state index in [1.165, 1.54) is 4.88 Å². The number of aromatic carboxylic acids is 1. The Morgan fingerprint density at radius 3 is 2.80 bits per heavy atom. The van der Waals surface area contributed by atoms with E-state index in [0.717, 1.165) is 28.6 Å². The van der Waals surface area contributed by atoms with E-state index in [-0.39, 0.29) is 5.41 Å². The van der Waals surface area contributed by atoms with Gasteiger partial charge in [-0.2, -0.15) is 0 Å². The maximum atomic E-state index is 11.2. The van der Waals surface area contributed by atoms with E-state index in [2.05, 4.69) is 29.8 Å². The predicted molar refractivity (Wildman–Crippen MR) is 64.9 cm³/mol. The van der Waals surface area contributed by atoms with Crippen molar-refractivity contribution in [2.45, 2.75) is 38.5 Å². The molecule has 15 heavy (non-hydrogen) atoms. The Labute approximate surface area is 101 Å². The lowest BCUT2D eigenvalue weighted by molar-refractivity contribution is 0.0693. The highest BCUT2D eigenvalue weighted by Gasteiger charge is 2.35. The van der Waals surface area contributed by atoms with Gasteiger partial charge in [-0.1, -0.05) is 13.8 Å². The first-order valence-electron chi connectivity index (χ1n) is 4.98. The van der Waals surface area contributed by atoms with Crippen molar-refractivity contribution in [3.8, 4) is 0 Å². The molecule has 1 aliphatic rings. The van der Waals surface area contributed by atoms with Crippen LogP contribution >= 0.6 is 27.3 Å². The molecule has 2 nitrogen and oxygen atoms in total. The molecule has 0 atom stereocenters. The van der Waals surface area contributed by atoms with Gasteiger partial charge in [0, 0.05) is 4.88 Å². The number of thiophene rings is 1. The van der Waals surface area contributed by atoms with E-state index in [0.29, 0.717) is 5.56 Å². The summed E-state index contributed by atoms with van der Waals surface area (Å²) in [4.78, 5) is 12.5. The lowest BCUT2D eigenvalue weighted by Crippen LogP contribution is -2.24. The van der Waals surface area contributed by atoms with Crippen LogP contribution in [0.4, 0.5) is 0 Å². The quantitative estimate of drug-likeness (QED) is 0.853. The zero-order valence-electron chi connectivity index (χ0n) is 8.76. The van der Waals surface area contributed by atoms with Crippen LogP contribution in [0.5, 0.6) is 0 Å². The van der Waals surface area contributed by atoms with Crippen LogP contribution in [0.25, 0.3) is 0 Å². The highest BCUT2D eigenvalue weighted by atomic mass is 79.9. The normalized spacial score (nSPS) is 18.6. The molecule has 0 saturated carbocycles. The molecule has 1 aliphatic carbocycles. The third-order valence-electron chi connectivity index (χ3n) is 3.03. The lowest BCUT2D eigenvalue weighted by atomic mass is 9.74. The minimum Gasteiger partial charge on any atom is -0.478 e. The van der Waals surface area contributed by atoms with Gasteiger partial charge < -0.3 is 5.11 Å². The van der Waals surface area contributed by atoms with Crippen molar-refractivity contribution >= 4 is 33.2 Å². The molecule has 1 aromatic rings. The van der Waals surface area contributed by atoms with E-state index in [1.54, 1.807) is 11.3 Å². The summed E-state index contributed by atoms with van der Waals surface area (Å²) in [5.41, 5.74) is 1.54. The molecule has 0 aromatic carbocycles. The number of halogens is 1. The average Bonchev–Trinajstić information content (AvgIpc) is 2.42. The van der Waals surface area contributed by atoms with Gasteiger partial charge in [0.1, 0.15) is 0 Å². The summed E-state index contributed by atoms with van der Waals surface area (Å²) < 4.78 is 0.773. The molecule has 0 amide bonds. The van der Waals surface area contributed by atoms with Crippen LogP contribution in [0.15, 0.2) is 3.79 Å². The molecule has 1 N–H and O–H groups in total. The third kappa shape index (κ3) is 1.74. The number of fused-ring (bicyclic) bond motifs is 1. The van der Waals surface area contributed by atoms with E-state index in [4.69, 9.17) is 0 Å². The summed E-state index contributed by atoms with van der Waals surface area (Å²) in [6, 6.07) is 0. The van der Waals surface area contributed by atoms with Crippen LogP contribution in [-0.2, 0) is 11.8 Å². The van der Waals surface area contributed by atoms with Gasteiger partial charge in [-0.3, -0.25) is 0 Å². The molecular weight excluding hydrogens is 276 g/mol. The first-order valence-corrected chi connectivity index (χ1v) is 6.59. The van der Waals surface area contributed by atoms with E-state index < -0.39 is 5.97 Å². The van der Waals surface area contributed by atoms with Crippen LogP contribution in [0.2, 0.25) is 0 Å². The molecular formula is C11H13BrO2S. The fraction of sp³-hybridized carbons (Fsp3) is 0.545. The molecule has 1 aromatic heterocycles. The van der Waals surface area contributed by atoms with Crippen LogP contribution in [0.1, 0.15) is 47.5 Å². The van der Waals surface area contributed by atoms with Crippen LogP contribution < -0.4 is 0 Å². The molecule has 0 aliphatic heterocycles. The first kappa shape index (κ1) is 11.1. The molecule has 0 saturated heterocycles. The highest BCUT2D eigenvalue weighted by Crippen LogP contribution is 2.45. The molecule has 0 unspecified atom stereocenters. The Hall–Kier alpha value is -0.350. The van der Waals surface area contributed by atoms with Gasteiger partial charge >= 0.3 is 5.97 Å². The second kappa shape index (κ2) is 3.59. The van der Waals surface area contributed by atoms with Crippen molar-refractivity contribution < 1.29 is 9.90 Å². The Morgan fingerprint density at radius 2 is 2.20 bits per heavy atom. The lowest BCUT2D eigenvalue weighted by Gasteiger charge is -2.30. The summed E-state index contributed by atoms with van der Waals surface area (Å²) in [5.74, 6) is -0.811. The second-order valence-electron chi connectivity index (χ2n) is 4.59. The Kier molecular flexibility index (Phi) is 2.67. The molecule has 1 heterocycles. The van der Waals surface area contributed by atoms with Gasteiger partial charge in [-0.05, 0) is 46.2 Å². The molecule has 0 spiro atoms. The van der Waals surface area contributed by atoms with Crippen molar-refractivity contribution in [1.82, 2.24) is 0 Å². The summed E-state index contributed by atoms with van der Waals surface area (Å²) in [6.07, 6.45) is 3.25. The number of carbonyl (C=O) groups is 1. The third-order valence-corrected chi connectivity index (χ3v) is 4.95. The average molecular weight is 289 g/mol. The zero-order valence-corrected chi connectivity index (χ0v) is 11.2. The van der Waals surface area contributed by atoms with Gasteiger partial charge in [0.15, 0.2) is 0 Å². The van der Waals surface area contributed by atoms with Crippen LogP contribution in [0, 0.1) is 0 Å². The maximum absolute atomic E-state index is 11.2. The van der Waals surface area contributed by atoms with Crippen LogP contribution in [0.3, 0.4) is 0 Å². The summed E-state index contributed by atoms with van der Waals surface area (Å²) >= 11 is 4.95. The summed E-state index contributed by atoms with van der Waals surface area (Å²) in [7, 11) is 0. The summed E-state index contributed by atoms with van der Waals surface area (Å²) in [6.45, 7) is 4.27. The monoisotopic (exact) mass is 288 g/mol. The standard InChI is InChI=1S/C11H13BrO2S/c1-11(2)5-3-4-6-8(11)7(10(13)14)9(12)15-6/h3-5H2,1-2H3,(H,13,14). The Balaban J connectivity index is 2.67. The fourth-order valence-corrected chi connectivity index (χ4v) is 4.54. The number of carboxylic acid groups (broad SMARTS) is 1. The Bertz CT molecular complexity index is 420. The SMILES string of the molecule is CC1(C)CCCc2sc(Br)c(C(=O)O)c21. The molecule has 0 radical (unpaired) electrons. The predicted octanol–water partition coefficient (Wildman–Crippen LogP) is 3.82. The topological polar surface area (TPSA) is 37.3 Å². The fourth-order valence-electron chi connectivity index (χ4n) is 2.35. The van der Waals surface area contributed by atoms with Gasteiger partial charge in [0.25, 0.3) is 0 Å². The van der Waals surface area contributed by atoms with E-state index >= 15 is 0 Å². The molecule has 4 heteroatoms. The Morgan fingerprint density at radius 1 is 1.53 bits per heavy atom. The minimum atomic E-state index is -0.811. The van der Waals surface area contributed by atoms with E-state index in [9.17, 15) is 9.90 Å². The zero-order chi connectivity index (χ0) is 11.2. The molecule has 2 rings (SSSR count). The van der Waals surface area contributed by atoms with Crippen molar-refractivity contribution in [3.05, 3.63) is 19.8 Å². The van der Waals surface area contributed by atoms with Gasteiger partial charge in [0.05, 0.1) is 9.35 Å². The van der Waals surface area contributed by atoms with Crippen molar-refractivity contribution in [2.75, 3.05) is 0 Å². The smallest absolute Gasteiger partial charge is 0.338 e. The summed E-state index contributed by atoms with van der Waals surface area (Å²) in [5, 5.41) is 9.22. The van der Waals surface area contributed by atoms with E-state index in [1.807, 2.05) is 0 Å².